The predicted molar refractivity (Wildman–Crippen MR) is 82.0 cm³/mol. The van der Waals surface area contributed by atoms with Crippen molar-refractivity contribution in [3.63, 3.8) is 0 Å². The first kappa shape index (κ1) is 14.6. The molecule has 1 aliphatic heterocycles. The zero-order valence-electron chi connectivity index (χ0n) is 13.5. The maximum atomic E-state index is 12.7. The minimum atomic E-state index is -0.277. The molecule has 1 amide bonds. The monoisotopic (exact) mass is 290 g/mol. The number of hydrogen-bond donors (Lipinski definition) is 2. The van der Waals surface area contributed by atoms with Gasteiger partial charge in [0, 0.05) is 18.5 Å². The molecule has 2 aliphatic rings. The molecular formula is C17H26N2O2. The number of aryl methyl sites for hydroxylation is 1. The van der Waals surface area contributed by atoms with Crippen molar-refractivity contribution in [2.45, 2.75) is 53.0 Å². The lowest BCUT2D eigenvalue weighted by Gasteiger charge is -2.36. The van der Waals surface area contributed by atoms with Gasteiger partial charge in [0.1, 0.15) is 11.5 Å². The zero-order valence-corrected chi connectivity index (χ0v) is 13.5. The second kappa shape index (κ2) is 4.87. The van der Waals surface area contributed by atoms with Gasteiger partial charge in [0.2, 0.25) is 5.91 Å². The minimum Gasteiger partial charge on any atom is -0.466 e. The molecule has 0 aromatic carbocycles. The van der Waals surface area contributed by atoms with Crippen LogP contribution in [0, 0.1) is 17.8 Å². The molecule has 0 radical (unpaired) electrons. The van der Waals surface area contributed by atoms with Crippen LogP contribution < -0.4 is 10.6 Å². The second-order valence-electron chi connectivity index (χ2n) is 7.79. The summed E-state index contributed by atoms with van der Waals surface area (Å²) in [6.07, 6.45) is 2.82. The largest absolute Gasteiger partial charge is 0.466 e. The number of fused-ring (bicyclic) bond motifs is 1. The normalized spacial score (nSPS) is 31.0. The number of carbonyl (C=O) groups is 1. The Kier molecular flexibility index (Phi) is 3.40. The summed E-state index contributed by atoms with van der Waals surface area (Å²) in [6.45, 7) is 10.2. The molecule has 1 saturated heterocycles. The van der Waals surface area contributed by atoms with Crippen LogP contribution in [0.1, 0.15) is 56.7 Å². The number of nitrogens with one attached hydrogen (secondary N) is 2. The molecule has 2 unspecified atom stereocenters. The number of hydrogen-bond acceptors (Lipinski definition) is 3. The summed E-state index contributed by atoms with van der Waals surface area (Å²) in [6, 6.07) is 2.16. The summed E-state index contributed by atoms with van der Waals surface area (Å²) >= 11 is 0. The van der Waals surface area contributed by atoms with Gasteiger partial charge in [-0.1, -0.05) is 13.8 Å². The molecule has 4 heteroatoms. The van der Waals surface area contributed by atoms with Crippen molar-refractivity contribution in [2.75, 3.05) is 13.1 Å². The van der Waals surface area contributed by atoms with E-state index in [9.17, 15) is 4.79 Å². The van der Waals surface area contributed by atoms with Crippen molar-refractivity contribution in [3.05, 3.63) is 23.2 Å². The van der Waals surface area contributed by atoms with Crippen molar-refractivity contribution >= 4 is 5.91 Å². The van der Waals surface area contributed by atoms with Crippen molar-refractivity contribution in [3.8, 4) is 0 Å². The molecular weight excluding hydrogens is 264 g/mol. The second-order valence-corrected chi connectivity index (χ2v) is 7.79. The SMILES string of the molecule is Cc1cc2c(o1)CC(C)(C)CC2NC(=O)C1(C)CCNC1. The summed E-state index contributed by atoms with van der Waals surface area (Å²) < 4.78 is 5.84. The molecule has 0 spiro atoms. The molecule has 1 aromatic heterocycles. The maximum Gasteiger partial charge on any atom is 0.227 e. The van der Waals surface area contributed by atoms with E-state index in [0.717, 1.165) is 43.9 Å². The Bertz CT molecular complexity index is 553. The van der Waals surface area contributed by atoms with E-state index < -0.39 is 0 Å². The van der Waals surface area contributed by atoms with Crippen LogP contribution in [0.3, 0.4) is 0 Å². The molecule has 1 aromatic rings. The Hall–Kier alpha value is -1.29. The van der Waals surface area contributed by atoms with Crippen molar-refractivity contribution < 1.29 is 9.21 Å². The van der Waals surface area contributed by atoms with E-state index in [1.807, 2.05) is 6.92 Å². The van der Waals surface area contributed by atoms with Gasteiger partial charge in [0.05, 0.1) is 11.5 Å². The number of carbonyl (C=O) groups excluding carboxylic acids is 1. The van der Waals surface area contributed by atoms with E-state index in [1.165, 1.54) is 5.56 Å². The molecule has 1 aliphatic carbocycles. The van der Waals surface area contributed by atoms with Gasteiger partial charge in [0.15, 0.2) is 0 Å². The molecule has 2 atom stereocenters. The Labute approximate surface area is 126 Å². The lowest BCUT2D eigenvalue weighted by Crippen LogP contribution is -2.44. The van der Waals surface area contributed by atoms with Gasteiger partial charge in [-0.25, -0.2) is 0 Å². The maximum absolute atomic E-state index is 12.7. The number of furan rings is 1. The first-order valence-electron chi connectivity index (χ1n) is 7.90. The fraction of sp³-hybridized carbons (Fsp3) is 0.706. The van der Waals surface area contributed by atoms with E-state index in [0.29, 0.717) is 0 Å². The minimum absolute atomic E-state index is 0.0751. The van der Waals surface area contributed by atoms with E-state index in [1.54, 1.807) is 0 Å². The lowest BCUT2D eigenvalue weighted by atomic mass is 9.74. The third-order valence-corrected chi connectivity index (χ3v) is 4.96. The van der Waals surface area contributed by atoms with Gasteiger partial charge in [-0.2, -0.15) is 0 Å². The topological polar surface area (TPSA) is 54.3 Å². The highest BCUT2D eigenvalue weighted by Crippen LogP contribution is 2.42. The summed E-state index contributed by atoms with van der Waals surface area (Å²) in [7, 11) is 0. The van der Waals surface area contributed by atoms with E-state index >= 15 is 0 Å². The van der Waals surface area contributed by atoms with Gasteiger partial charge >= 0.3 is 0 Å². The van der Waals surface area contributed by atoms with Crippen LogP contribution >= 0.6 is 0 Å². The highest BCUT2D eigenvalue weighted by atomic mass is 16.3. The van der Waals surface area contributed by atoms with Crippen LogP contribution in [0.15, 0.2) is 10.5 Å². The van der Waals surface area contributed by atoms with Crippen LogP contribution in [0.25, 0.3) is 0 Å². The Balaban J connectivity index is 1.83. The van der Waals surface area contributed by atoms with Crippen LogP contribution in [0.5, 0.6) is 0 Å². The van der Waals surface area contributed by atoms with Crippen LogP contribution in [-0.4, -0.2) is 19.0 Å². The zero-order chi connectivity index (χ0) is 15.3. The molecule has 1 fully saturated rings. The number of rotatable bonds is 2. The van der Waals surface area contributed by atoms with E-state index in [4.69, 9.17) is 4.42 Å². The predicted octanol–water partition coefficient (Wildman–Crippen LogP) is 2.72. The average Bonchev–Trinajstić information content (AvgIpc) is 2.94. The van der Waals surface area contributed by atoms with E-state index in [-0.39, 0.29) is 22.8 Å². The van der Waals surface area contributed by atoms with Crippen molar-refractivity contribution in [1.82, 2.24) is 10.6 Å². The van der Waals surface area contributed by atoms with Crippen molar-refractivity contribution in [2.24, 2.45) is 10.8 Å². The standard InChI is InChI=1S/C17H26N2O2/c1-11-7-12-13(8-16(2,3)9-14(12)21-11)19-15(20)17(4)5-6-18-10-17/h7,13,18H,5-6,8-10H2,1-4H3,(H,19,20). The molecule has 0 bridgehead atoms. The van der Waals surface area contributed by atoms with Crippen LogP contribution in [0.2, 0.25) is 0 Å². The summed E-state index contributed by atoms with van der Waals surface area (Å²) in [5.41, 5.74) is 1.06. The summed E-state index contributed by atoms with van der Waals surface area (Å²) in [5, 5.41) is 6.58. The first-order valence-corrected chi connectivity index (χ1v) is 7.90. The highest BCUT2D eigenvalue weighted by Gasteiger charge is 2.40. The third kappa shape index (κ3) is 2.73. The summed E-state index contributed by atoms with van der Waals surface area (Å²) in [4.78, 5) is 12.7. The number of amides is 1. The highest BCUT2D eigenvalue weighted by molar-refractivity contribution is 5.83. The Morgan fingerprint density at radius 1 is 1.43 bits per heavy atom. The quantitative estimate of drug-likeness (QED) is 0.880. The Morgan fingerprint density at radius 3 is 2.86 bits per heavy atom. The molecule has 21 heavy (non-hydrogen) atoms. The third-order valence-electron chi connectivity index (χ3n) is 4.96. The smallest absolute Gasteiger partial charge is 0.227 e. The Morgan fingerprint density at radius 2 is 2.19 bits per heavy atom. The fourth-order valence-corrected chi connectivity index (χ4v) is 3.66. The van der Waals surface area contributed by atoms with Gasteiger partial charge in [-0.05, 0) is 44.7 Å². The van der Waals surface area contributed by atoms with Crippen LogP contribution in [-0.2, 0) is 11.2 Å². The molecule has 0 saturated carbocycles. The van der Waals surface area contributed by atoms with E-state index in [2.05, 4.69) is 37.5 Å². The van der Waals surface area contributed by atoms with Gasteiger partial charge in [-0.15, -0.1) is 0 Å². The van der Waals surface area contributed by atoms with Gasteiger partial charge < -0.3 is 15.1 Å². The average molecular weight is 290 g/mol. The van der Waals surface area contributed by atoms with Crippen molar-refractivity contribution in [1.29, 1.82) is 0 Å². The van der Waals surface area contributed by atoms with Gasteiger partial charge in [-0.3, -0.25) is 4.79 Å². The first-order chi connectivity index (χ1) is 9.79. The molecule has 2 N–H and O–H groups in total. The van der Waals surface area contributed by atoms with Gasteiger partial charge in [0.25, 0.3) is 0 Å². The van der Waals surface area contributed by atoms with Crippen LogP contribution in [0.4, 0.5) is 0 Å². The summed E-state index contributed by atoms with van der Waals surface area (Å²) in [5.74, 6) is 2.15. The molecule has 116 valence electrons. The molecule has 2 heterocycles. The fourth-order valence-electron chi connectivity index (χ4n) is 3.66. The lowest BCUT2D eigenvalue weighted by molar-refractivity contribution is -0.130. The molecule has 3 rings (SSSR count). The molecule has 4 nitrogen and oxygen atoms in total.